The molecule has 1 unspecified atom stereocenters. The van der Waals surface area contributed by atoms with E-state index in [0.717, 1.165) is 10.6 Å². The maximum absolute atomic E-state index is 5.51. The van der Waals surface area contributed by atoms with E-state index in [9.17, 15) is 0 Å². The number of nitrogens with two attached hydrogens (primary N) is 1. The number of hydrogen-bond donors (Lipinski definition) is 2. The Morgan fingerprint density at radius 3 is 2.81 bits per heavy atom. The van der Waals surface area contributed by atoms with Gasteiger partial charge >= 0.3 is 0 Å². The predicted molar refractivity (Wildman–Crippen MR) is 57.2 cm³/mol. The van der Waals surface area contributed by atoms with Crippen molar-refractivity contribution in [2.24, 2.45) is 12.9 Å². The first-order valence-electron chi connectivity index (χ1n) is 4.68. The number of aromatic nitrogens is 6. The number of nitrogens with zero attached hydrogens (tertiary/aromatic N) is 6. The van der Waals surface area contributed by atoms with Crippen LogP contribution in [0.1, 0.15) is 22.4 Å². The summed E-state index contributed by atoms with van der Waals surface area (Å²) in [5.74, 6) is 6.14. The summed E-state index contributed by atoms with van der Waals surface area (Å²) in [6, 6.07) is -0.0794. The van der Waals surface area contributed by atoms with Gasteiger partial charge in [-0.05, 0) is 23.7 Å². The summed E-state index contributed by atoms with van der Waals surface area (Å²) in [5, 5.41) is 15.7. The molecule has 2 rings (SSSR count). The zero-order valence-electron chi connectivity index (χ0n) is 8.95. The lowest BCUT2D eigenvalue weighted by Gasteiger charge is -2.11. The normalized spacial score (nSPS) is 12.9. The second-order valence-electron chi connectivity index (χ2n) is 3.34. The van der Waals surface area contributed by atoms with Crippen LogP contribution in [-0.2, 0) is 13.5 Å². The van der Waals surface area contributed by atoms with Crippen molar-refractivity contribution >= 4 is 11.5 Å². The highest BCUT2D eigenvalue weighted by atomic mass is 32.1. The van der Waals surface area contributed by atoms with Crippen LogP contribution >= 0.6 is 11.5 Å². The molecule has 2 aromatic heterocycles. The van der Waals surface area contributed by atoms with Crippen LogP contribution in [0.25, 0.3) is 0 Å². The number of rotatable bonds is 4. The largest absolute Gasteiger partial charge is 0.271 e. The first-order chi connectivity index (χ1) is 7.70. The molecule has 0 spiro atoms. The second-order valence-corrected chi connectivity index (χ2v) is 4.13. The summed E-state index contributed by atoms with van der Waals surface area (Å²) in [4.78, 5) is 2.41. The zero-order valence-corrected chi connectivity index (χ0v) is 9.77. The van der Waals surface area contributed by atoms with Crippen molar-refractivity contribution in [2.45, 2.75) is 19.4 Å². The number of hydrogen-bond acceptors (Lipinski definition) is 8. The molecule has 0 saturated heterocycles. The van der Waals surface area contributed by atoms with E-state index in [1.165, 1.54) is 16.3 Å². The van der Waals surface area contributed by atoms with E-state index in [2.05, 4.69) is 30.4 Å². The third-order valence-corrected chi connectivity index (χ3v) is 3.08. The molecule has 9 heteroatoms. The highest BCUT2D eigenvalue weighted by molar-refractivity contribution is 7.05. The van der Waals surface area contributed by atoms with Gasteiger partial charge in [0.25, 0.3) is 0 Å². The molecule has 2 aromatic rings. The Bertz CT molecular complexity index is 462. The summed E-state index contributed by atoms with van der Waals surface area (Å²) in [6.07, 6.45) is 0.565. The van der Waals surface area contributed by atoms with E-state index in [0.29, 0.717) is 12.2 Å². The smallest absolute Gasteiger partial charge is 0.176 e. The lowest BCUT2D eigenvalue weighted by molar-refractivity contribution is 0.541. The van der Waals surface area contributed by atoms with Crippen molar-refractivity contribution in [3.05, 3.63) is 16.4 Å². The third kappa shape index (κ3) is 2.21. The fraction of sp³-hybridized carbons (Fsp3) is 0.571. The molecule has 2 heterocycles. The molecule has 0 radical (unpaired) electrons. The molecule has 16 heavy (non-hydrogen) atoms. The Hall–Kier alpha value is -1.45. The molecule has 8 nitrogen and oxygen atoms in total. The third-order valence-electron chi connectivity index (χ3n) is 2.14. The van der Waals surface area contributed by atoms with Crippen LogP contribution in [-0.4, -0.2) is 29.8 Å². The van der Waals surface area contributed by atoms with E-state index in [1.54, 1.807) is 7.05 Å². The summed E-state index contributed by atoms with van der Waals surface area (Å²) < 4.78 is 3.87. The Morgan fingerprint density at radius 1 is 1.50 bits per heavy atom. The van der Waals surface area contributed by atoms with Crippen LogP contribution in [0.15, 0.2) is 0 Å². The van der Waals surface area contributed by atoms with Crippen molar-refractivity contribution < 1.29 is 0 Å². The molecule has 3 N–H and O–H groups in total. The molecule has 0 bridgehead atoms. The van der Waals surface area contributed by atoms with Crippen molar-refractivity contribution in [1.29, 1.82) is 0 Å². The topological polar surface area (TPSA) is 107 Å². The maximum atomic E-state index is 5.51. The van der Waals surface area contributed by atoms with Gasteiger partial charge in [0, 0.05) is 6.42 Å². The minimum absolute atomic E-state index is 0.0794. The van der Waals surface area contributed by atoms with Crippen LogP contribution in [0.2, 0.25) is 0 Å². The SMILES string of the molecule is Cc1nnsc1C(Cc1nnn(C)n1)NN. The van der Waals surface area contributed by atoms with Gasteiger partial charge in [-0.2, -0.15) is 4.80 Å². The summed E-state index contributed by atoms with van der Waals surface area (Å²) in [5.41, 5.74) is 3.59. The first kappa shape index (κ1) is 11.0. The Labute approximate surface area is 96.0 Å². The van der Waals surface area contributed by atoms with E-state index < -0.39 is 0 Å². The summed E-state index contributed by atoms with van der Waals surface area (Å²) >= 11 is 1.32. The molecule has 0 fully saturated rings. The average molecular weight is 240 g/mol. The van der Waals surface area contributed by atoms with Crippen LogP contribution in [0, 0.1) is 6.92 Å². The average Bonchev–Trinajstić information content (AvgIpc) is 2.84. The van der Waals surface area contributed by atoms with Crippen molar-refractivity contribution in [3.8, 4) is 0 Å². The van der Waals surface area contributed by atoms with Crippen LogP contribution in [0.4, 0.5) is 0 Å². The molecule has 86 valence electrons. The van der Waals surface area contributed by atoms with Crippen LogP contribution in [0.5, 0.6) is 0 Å². The minimum atomic E-state index is -0.0794. The molecule has 0 amide bonds. The van der Waals surface area contributed by atoms with Gasteiger partial charge in [0.05, 0.1) is 23.7 Å². The lowest BCUT2D eigenvalue weighted by atomic mass is 10.1. The Morgan fingerprint density at radius 2 is 2.31 bits per heavy atom. The molecule has 0 aliphatic carbocycles. The summed E-state index contributed by atoms with van der Waals surface area (Å²) in [7, 11) is 1.72. The minimum Gasteiger partial charge on any atom is -0.271 e. The van der Waals surface area contributed by atoms with Gasteiger partial charge in [0.15, 0.2) is 5.82 Å². The van der Waals surface area contributed by atoms with Gasteiger partial charge in [0.1, 0.15) is 0 Å². The van der Waals surface area contributed by atoms with Gasteiger partial charge in [0.2, 0.25) is 0 Å². The molecule has 0 saturated carbocycles. The zero-order chi connectivity index (χ0) is 11.5. The molecule has 0 aliphatic rings. The van der Waals surface area contributed by atoms with Gasteiger partial charge < -0.3 is 0 Å². The van der Waals surface area contributed by atoms with Crippen molar-refractivity contribution in [1.82, 2.24) is 35.2 Å². The standard InChI is InChI=1S/C7H12N8S/c1-4-7(16-14-10-4)5(9-8)3-6-11-13-15(2)12-6/h5,9H,3,8H2,1-2H3. The number of hydrazine groups is 1. The quantitative estimate of drug-likeness (QED) is 0.527. The molecular formula is C7H12N8S. The highest BCUT2D eigenvalue weighted by Crippen LogP contribution is 2.21. The molecule has 0 aromatic carbocycles. The highest BCUT2D eigenvalue weighted by Gasteiger charge is 2.18. The first-order valence-corrected chi connectivity index (χ1v) is 5.46. The van der Waals surface area contributed by atoms with Crippen LogP contribution < -0.4 is 11.3 Å². The van der Waals surface area contributed by atoms with Crippen molar-refractivity contribution in [3.63, 3.8) is 0 Å². The Balaban J connectivity index is 2.15. The van der Waals surface area contributed by atoms with Gasteiger partial charge in [-0.25, -0.2) is 0 Å². The maximum Gasteiger partial charge on any atom is 0.176 e. The van der Waals surface area contributed by atoms with Crippen molar-refractivity contribution in [2.75, 3.05) is 0 Å². The second kappa shape index (κ2) is 4.60. The van der Waals surface area contributed by atoms with Gasteiger partial charge in [-0.1, -0.05) is 4.49 Å². The van der Waals surface area contributed by atoms with Gasteiger partial charge in [-0.3, -0.25) is 11.3 Å². The molecule has 0 aliphatic heterocycles. The molecular weight excluding hydrogens is 228 g/mol. The monoisotopic (exact) mass is 240 g/mol. The number of tetrazole rings is 1. The van der Waals surface area contributed by atoms with E-state index in [1.807, 2.05) is 6.92 Å². The van der Waals surface area contributed by atoms with E-state index in [4.69, 9.17) is 5.84 Å². The summed E-state index contributed by atoms with van der Waals surface area (Å²) in [6.45, 7) is 1.90. The number of aryl methyl sites for hydroxylation is 2. The Kier molecular flexibility index (Phi) is 3.17. The lowest BCUT2D eigenvalue weighted by Crippen LogP contribution is -2.29. The predicted octanol–water partition coefficient (Wildman–Crippen LogP) is -0.883. The molecule has 1 atom stereocenters. The fourth-order valence-electron chi connectivity index (χ4n) is 1.37. The fourth-order valence-corrected chi connectivity index (χ4v) is 2.07. The van der Waals surface area contributed by atoms with Gasteiger partial charge in [-0.15, -0.1) is 15.3 Å². The van der Waals surface area contributed by atoms with E-state index in [-0.39, 0.29) is 6.04 Å². The van der Waals surface area contributed by atoms with Crippen LogP contribution in [0.3, 0.4) is 0 Å². The van der Waals surface area contributed by atoms with E-state index >= 15 is 0 Å². The number of nitrogens with one attached hydrogen (secondary N) is 1.